The van der Waals surface area contributed by atoms with Crippen LogP contribution in [0.1, 0.15) is 23.7 Å². The highest BCUT2D eigenvalue weighted by Gasteiger charge is 2.33. The van der Waals surface area contributed by atoms with E-state index in [1.54, 1.807) is 24.3 Å². The lowest BCUT2D eigenvalue weighted by Gasteiger charge is -2.16. The molecule has 45 heavy (non-hydrogen) atoms. The maximum Gasteiger partial charge on any atom is 0.573 e. The lowest BCUT2D eigenvalue weighted by Crippen LogP contribution is -2.16. The summed E-state index contributed by atoms with van der Waals surface area (Å²) in [6.45, 7) is 1.76. The molecule has 0 atom stereocenters. The van der Waals surface area contributed by atoms with Gasteiger partial charge in [0.2, 0.25) is 0 Å². The number of rotatable bonds is 8. The molecule has 0 bridgehead atoms. The first-order valence-electron chi connectivity index (χ1n) is 13.3. The number of benzene rings is 3. The number of halogens is 5. The van der Waals surface area contributed by atoms with Gasteiger partial charge in [0, 0.05) is 36.9 Å². The Morgan fingerprint density at radius 3 is 2.13 bits per heavy atom. The van der Waals surface area contributed by atoms with Gasteiger partial charge in [-0.1, -0.05) is 29.5 Å². The van der Waals surface area contributed by atoms with E-state index >= 15 is 0 Å². The molecule has 2 aromatic heterocycles. The van der Waals surface area contributed by atoms with Gasteiger partial charge >= 0.3 is 6.36 Å². The van der Waals surface area contributed by atoms with Gasteiger partial charge in [-0.2, -0.15) is 13.9 Å². The summed E-state index contributed by atoms with van der Waals surface area (Å²) in [4.78, 5) is -0.0620. The van der Waals surface area contributed by atoms with E-state index < -0.39 is 40.2 Å². The third-order valence-electron chi connectivity index (χ3n) is 7.08. The van der Waals surface area contributed by atoms with Crippen molar-refractivity contribution >= 4 is 9.84 Å². The van der Waals surface area contributed by atoms with Crippen LogP contribution in [0.5, 0.6) is 5.75 Å². The highest BCUT2D eigenvalue weighted by Crippen LogP contribution is 2.39. The van der Waals surface area contributed by atoms with Crippen molar-refractivity contribution < 1.29 is 40.2 Å². The number of aliphatic hydroxyl groups is 1. The summed E-state index contributed by atoms with van der Waals surface area (Å²) in [6, 6.07) is 14.6. The van der Waals surface area contributed by atoms with Crippen molar-refractivity contribution in [1.82, 2.24) is 24.8 Å². The molecule has 0 radical (unpaired) electrons. The third kappa shape index (κ3) is 6.44. The van der Waals surface area contributed by atoms with Crippen molar-refractivity contribution in [2.24, 2.45) is 7.05 Å². The molecule has 1 N–H and O–H groups in total. The second-order valence-corrected chi connectivity index (χ2v) is 12.4. The summed E-state index contributed by atoms with van der Waals surface area (Å²) in [7, 11) is -2.19. The van der Waals surface area contributed by atoms with Gasteiger partial charge in [-0.05, 0) is 60.0 Å². The van der Waals surface area contributed by atoms with E-state index in [0.29, 0.717) is 39.3 Å². The number of aliphatic hydroxyl groups excluding tert-OH is 1. The van der Waals surface area contributed by atoms with Crippen molar-refractivity contribution in [2.75, 3.05) is 6.26 Å². The summed E-state index contributed by atoms with van der Waals surface area (Å²) in [6.07, 6.45) is -2.46. The van der Waals surface area contributed by atoms with Crippen molar-refractivity contribution in [3.05, 3.63) is 83.7 Å². The summed E-state index contributed by atoms with van der Waals surface area (Å²) >= 11 is 0. The monoisotopic (exact) mass is 647 g/mol. The summed E-state index contributed by atoms with van der Waals surface area (Å²) in [5, 5.41) is 22.0. The van der Waals surface area contributed by atoms with E-state index in [4.69, 9.17) is 0 Å². The van der Waals surface area contributed by atoms with Gasteiger partial charge in [0.1, 0.15) is 11.4 Å². The summed E-state index contributed by atoms with van der Waals surface area (Å²) in [5.41, 5.74) is 2.84. The first kappa shape index (κ1) is 31.8. The Balaban J connectivity index is 1.73. The minimum atomic E-state index is -4.87. The van der Waals surface area contributed by atoms with E-state index in [0.717, 1.165) is 25.3 Å². The third-order valence-corrected chi connectivity index (χ3v) is 8.26. The van der Waals surface area contributed by atoms with E-state index in [9.17, 15) is 35.5 Å². The maximum absolute atomic E-state index is 14.4. The Hall–Kier alpha value is -4.63. The first-order chi connectivity index (χ1) is 21.0. The van der Waals surface area contributed by atoms with Crippen molar-refractivity contribution in [2.45, 2.75) is 37.6 Å². The van der Waals surface area contributed by atoms with E-state index in [2.05, 4.69) is 20.1 Å². The summed E-state index contributed by atoms with van der Waals surface area (Å²) in [5.74, 6) is -3.67. The van der Waals surface area contributed by atoms with Gasteiger partial charge in [0.05, 0.1) is 34.8 Å². The number of ether oxygens (including phenoxy) is 1. The zero-order valence-corrected chi connectivity index (χ0v) is 25.1. The summed E-state index contributed by atoms with van der Waals surface area (Å²) < 4.78 is 98.7. The molecule has 0 aliphatic heterocycles. The molecule has 0 saturated carbocycles. The molecule has 0 aliphatic rings. The Bertz CT molecular complexity index is 2000. The van der Waals surface area contributed by atoms with Crippen LogP contribution in [0.15, 0.2) is 71.8 Å². The second-order valence-electron chi connectivity index (χ2n) is 10.4. The number of hydrogen-bond acceptors (Lipinski definition) is 7. The predicted octanol–water partition coefficient (Wildman–Crippen LogP) is 6.22. The molecule has 236 valence electrons. The molecule has 9 nitrogen and oxygen atoms in total. The predicted molar refractivity (Wildman–Crippen MR) is 154 cm³/mol. The standard InChI is InChI=1S/C30H26F5N5O4S/c1-17-27(39(3)37-28(17)29(2,31)32)23-12-9-19(20-5-6-21(16-41)26(14-20)45(4,42)43)13-24(23)40-25(15-36-38-40)18-7-10-22(11-8-18)44-30(33,34)35/h5-15,41H,16H2,1-4H3. The molecule has 0 spiro atoms. The lowest BCUT2D eigenvalue weighted by molar-refractivity contribution is -0.274. The minimum absolute atomic E-state index is 0.0620. The fraction of sp³-hybridized carbons (Fsp3) is 0.233. The fourth-order valence-electron chi connectivity index (χ4n) is 5.16. The van der Waals surface area contributed by atoms with Gasteiger partial charge in [-0.15, -0.1) is 18.3 Å². The molecule has 0 fully saturated rings. The number of sulfone groups is 1. The Morgan fingerprint density at radius 2 is 1.56 bits per heavy atom. The minimum Gasteiger partial charge on any atom is -0.406 e. The van der Waals surface area contributed by atoms with E-state index in [1.807, 2.05) is 0 Å². The molecule has 0 unspecified atom stereocenters. The molecule has 5 rings (SSSR count). The molecular weight excluding hydrogens is 621 g/mol. The first-order valence-corrected chi connectivity index (χ1v) is 15.1. The molecule has 3 aromatic carbocycles. The van der Waals surface area contributed by atoms with E-state index in [1.165, 1.54) is 53.8 Å². The Labute approximate surface area is 254 Å². The maximum atomic E-state index is 14.4. The quantitative estimate of drug-likeness (QED) is 0.199. The number of alkyl halides is 5. The number of hydrogen-bond donors (Lipinski definition) is 1. The average molecular weight is 648 g/mol. The Kier molecular flexibility index (Phi) is 8.04. The van der Waals surface area contributed by atoms with Crippen LogP contribution >= 0.6 is 0 Å². The average Bonchev–Trinajstić information content (AvgIpc) is 3.55. The largest absolute Gasteiger partial charge is 0.573 e. The SMILES string of the molecule is Cc1c(C(C)(F)F)nn(C)c1-c1ccc(-c2ccc(CO)c(S(C)(=O)=O)c2)cc1-n1nncc1-c1ccc(OC(F)(F)F)cc1. The highest BCUT2D eigenvalue weighted by atomic mass is 32.2. The van der Waals surface area contributed by atoms with Crippen LogP contribution in [-0.4, -0.2) is 50.9 Å². The molecule has 2 heterocycles. The second kappa shape index (κ2) is 11.4. The number of aryl methyl sites for hydroxylation is 1. The van der Waals surface area contributed by atoms with Crippen LogP contribution in [0, 0.1) is 6.92 Å². The van der Waals surface area contributed by atoms with Crippen LogP contribution in [0.3, 0.4) is 0 Å². The molecule has 15 heteroatoms. The van der Waals surface area contributed by atoms with Crippen molar-refractivity contribution in [3.8, 4) is 45.1 Å². The van der Waals surface area contributed by atoms with Crippen LogP contribution in [0.25, 0.3) is 39.3 Å². The van der Waals surface area contributed by atoms with Crippen LogP contribution in [0.4, 0.5) is 22.0 Å². The molecular formula is C30H26F5N5O4S. The van der Waals surface area contributed by atoms with Crippen LogP contribution in [-0.2, 0) is 29.4 Å². The molecule has 0 aliphatic carbocycles. The molecule has 0 amide bonds. The number of nitrogens with zero attached hydrogens (tertiary/aromatic N) is 5. The Morgan fingerprint density at radius 1 is 0.933 bits per heavy atom. The van der Waals surface area contributed by atoms with Crippen LogP contribution < -0.4 is 4.74 Å². The molecule has 5 aromatic rings. The zero-order chi connectivity index (χ0) is 32.9. The van der Waals surface area contributed by atoms with Gasteiger partial charge < -0.3 is 9.84 Å². The van der Waals surface area contributed by atoms with E-state index in [-0.39, 0.29) is 16.0 Å². The lowest BCUT2D eigenvalue weighted by atomic mass is 9.97. The number of aromatic nitrogens is 5. The van der Waals surface area contributed by atoms with Crippen LogP contribution in [0.2, 0.25) is 0 Å². The fourth-order valence-corrected chi connectivity index (χ4v) is 6.11. The van der Waals surface area contributed by atoms with Gasteiger partial charge in [0.25, 0.3) is 5.92 Å². The van der Waals surface area contributed by atoms with Gasteiger partial charge in [-0.25, -0.2) is 13.1 Å². The highest BCUT2D eigenvalue weighted by molar-refractivity contribution is 7.90. The van der Waals surface area contributed by atoms with Gasteiger partial charge in [-0.3, -0.25) is 4.68 Å². The molecule has 0 saturated heterocycles. The zero-order valence-electron chi connectivity index (χ0n) is 24.3. The normalized spacial score (nSPS) is 12.5. The van der Waals surface area contributed by atoms with Crippen molar-refractivity contribution in [3.63, 3.8) is 0 Å². The van der Waals surface area contributed by atoms with Gasteiger partial charge in [0.15, 0.2) is 9.84 Å². The smallest absolute Gasteiger partial charge is 0.406 e. The van der Waals surface area contributed by atoms with Crippen molar-refractivity contribution in [1.29, 1.82) is 0 Å². The topological polar surface area (TPSA) is 112 Å².